The number of nitrogens with zero attached hydrogens (tertiary/aromatic N) is 1. The fraction of sp³-hybridized carbons (Fsp3) is 0.857. The molecule has 6 heteroatoms. The minimum atomic E-state index is -0.942. The molecule has 0 aromatic carbocycles. The molecule has 0 heterocycles. The van der Waals surface area contributed by atoms with Crippen LogP contribution in [-0.2, 0) is 4.79 Å². The van der Waals surface area contributed by atoms with Gasteiger partial charge >= 0.3 is 12.0 Å². The third-order valence-electron chi connectivity index (χ3n) is 3.97. The molecule has 0 aromatic heterocycles. The first-order valence-corrected chi connectivity index (χ1v) is 7.66. The zero-order chi connectivity index (χ0) is 14.4. The monoisotopic (exact) mass is 283 g/mol. The molecule has 2 saturated carbocycles. The van der Waals surface area contributed by atoms with Crippen molar-refractivity contribution in [3.8, 4) is 0 Å². The quantitative estimate of drug-likeness (QED) is 0.584. The van der Waals surface area contributed by atoms with Crippen LogP contribution in [0.1, 0.15) is 44.9 Å². The predicted molar refractivity (Wildman–Crippen MR) is 75.6 cm³/mol. The van der Waals surface area contributed by atoms with Crippen LogP contribution in [0.5, 0.6) is 0 Å². The molecule has 2 aliphatic carbocycles. The van der Waals surface area contributed by atoms with Crippen LogP contribution in [0.3, 0.4) is 0 Å². The molecule has 0 saturated heterocycles. The Morgan fingerprint density at radius 3 is 2.40 bits per heavy atom. The molecular weight excluding hydrogens is 258 g/mol. The first kappa shape index (κ1) is 15.1. The lowest BCUT2D eigenvalue weighted by atomic mass is 10.2. The normalized spacial score (nSPS) is 19.0. The maximum atomic E-state index is 12.1. The fourth-order valence-corrected chi connectivity index (χ4v) is 2.71. The number of aliphatic carboxylic acids is 1. The van der Waals surface area contributed by atoms with Gasteiger partial charge in [0, 0.05) is 18.6 Å². The van der Waals surface area contributed by atoms with Gasteiger partial charge < -0.3 is 20.6 Å². The second kappa shape index (κ2) is 7.47. The maximum Gasteiger partial charge on any atom is 0.323 e. The van der Waals surface area contributed by atoms with E-state index >= 15 is 0 Å². The van der Waals surface area contributed by atoms with Gasteiger partial charge in [-0.25, -0.2) is 4.79 Å². The SMILES string of the molecule is O=C(O)CN(C(=O)NCCCNC1CC1)C1CCCC1. The van der Waals surface area contributed by atoms with Crippen molar-refractivity contribution in [3.63, 3.8) is 0 Å². The Labute approximate surface area is 119 Å². The van der Waals surface area contributed by atoms with E-state index < -0.39 is 5.97 Å². The third-order valence-corrected chi connectivity index (χ3v) is 3.97. The first-order valence-electron chi connectivity index (χ1n) is 7.66. The number of urea groups is 1. The highest BCUT2D eigenvalue weighted by Crippen LogP contribution is 2.23. The molecule has 2 rings (SSSR count). The summed E-state index contributed by atoms with van der Waals surface area (Å²) in [6.07, 6.45) is 7.42. The molecular formula is C14H25N3O3. The number of hydrogen-bond donors (Lipinski definition) is 3. The van der Waals surface area contributed by atoms with Crippen molar-refractivity contribution in [1.82, 2.24) is 15.5 Å². The number of carboxylic acids is 1. The van der Waals surface area contributed by atoms with Crippen LogP contribution in [0.2, 0.25) is 0 Å². The Kier molecular flexibility index (Phi) is 5.64. The van der Waals surface area contributed by atoms with Gasteiger partial charge in [-0.3, -0.25) is 4.79 Å². The van der Waals surface area contributed by atoms with Crippen molar-refractivity contribution in [2.24, 2.45) is 0 Å². The second-order valence-corrected chi connectivity index (χ2v) is 5.77. The van der Waals surface area contributed by atoms with Crippen molar-refractivity contribution in [2.75, 3.05) is 19.6 Å². The molecule has 3 N–H and O–H groups in total. The van der Waals surface area contributed by atoms with E-state index in [-0.39, 0.29) is 18.6 Å². The molecule has 0 aromatic rings. The Balaban J connectivity index is 1.68. The van der Waals surface area contributed by atoms with Gasteiger partial charge in [0.25, 0.3) is 0 Å². The maximum absolute atomic E-state index is 12.1. The van der Waals surface area contributed by atoms with Crippen LogP contribution in [0.4, 0.5) is 4.79 Å². The van der Waals surface area contributed by atoms with Gasteiger partial charge in [-0.2, -0.15) is 0 Å². The van der Waals surface area contributed by atoms with Crippen molar-refractivity contribution in [3.05, 3.63) is 0 Å². The summed E-state index contributed by atoms with van der Waals surface area (Å²) in [5.41, 5.74) is 0. The van der Waals surface area contributed by atoms with Gasteiger partial charge in [0.2, 0.25) is 0 Å². The Hall–Kier alpha value is -1.30. The largest absolute Gasteiger partial charge is 0.480 e. The van der Waals surface area contributed by atoms with E-state index in [9.17, 15) is 9.59 Å². The third kappa shape index (κ3) is 5.00. The minimum Gasteiger partial charge on any atom is -0.480 e. The molecule has 6 nitrogen and oxygen atoms in total. The van der Waals surface area contributed by atoms with Crippen molar-refractivity contribution < 1.29 is 14.7 Å². The molecule has 2 amide bonds. The van der Waals surface area contributed by atoms with Gasteiger partial charge in [-0.1, -0.05) is 12.8 Å². The van der Waals surface area contributed by atoms with Gasteiger partial charge in [-0.05, 0) is 38.6 Å². The number of rotatable bonds is 8. The molecule has 0 unspecified atom stereocenters. The van der Waals surface area contributed by atoms with Crippen LogP contribution < -0.4 is 10.6 Å². The first-order chi connectivity index (χ1) is 9.66. The van der Waals surface area contributed by atoms with Crippen LogP contribution in [0, 0.1) is 0 Å². The van der Waals surface area contributed by atoms with Crippen LogP contribution >= 0.6 is 0 Å². The van der Waals surface area contributed by atoms with Gasteiger partial charge in [0.05, 0.1) is 0 Å². The molecule has 2 fully saturated rings. The van der Waals surface area contributed by atoms with E-state index in [1.54, 1.807) is 0 Å². The predicted octanol–water partition coefficient (Wildman–Crippen LogP) is 1.17. The van der Waals surface area contributed by atoms with E-state index in [2.05, 4.69) is 10.6 Å². The number of carboxylic acid groups (broad SMARTS) is 1. The Bertz CT molecular complexity index is 339. The zero-order valence-electron chi connectivity index (χ0n) is 11.9. The summed E-state index contributed by atoms with van der Waals surface area (Å²) in [5.74, 6) is -0.942. The summed E-state index contributed by atoms with van der Waals surface area (Å²) in [5, 5.41) is 15.2. The molecule has 0 radical (unpaired) electrons. The molecule has 0 bridgehead atoms. The number of amides is 2. The van der Waals surface area contributed by atoms with Gasteiger partial charge in [0.1, 0.15) is 6.54 Å². The minimum absolute atomic E-state index is 0.0932. The number of carbonyl (C=O) groups is 2. The zero-order valence-corrected chi connectivity index (χ0v) is 11.9. The van der Waals surface area contributed by atoms with Gasteiger partial charge in [0.15, 0.2) is 0 Å². The smallest absolute Gasteiger partial charge is 0.323 e. The molecule has 2 aliphatic rings. The van der Waals surface area contributed by atoms with E-state index in [0.29, 0.717) is 12.6 Å². The molecule has 114 valence electrons. The lowest BCUT2D eigenvalue weighted by molar-refractivity contribution is -0.138. The topological polar surface area (TPSA) is 81.7 Å². The van der Waals surface area contributed by atoms with Crippen molar-refractivity contribution in [1.29, 1.82) is 0 Å². The molecule has 0 aliphatic heterocycles. The highest BCUT2D eigenvalue weighted by molar-refractivity contribution is 5.80. The van der Waals surface area contributed by atoms with E-state index in [4.69, 9.17) is 5.11 Å². The number of nitrogens with one attached hydrogen (secondary N) is 2. The summed E-state index contributed by atoms with van der Waals surface area (Å²) in [6, 6.07) is 0.550. The summed E-state index contributed by atoms with van der Waals surface area (Å²) < 4.78 is 0. The van der Waals surface area contributed by atoms with E-state index in [1.807, 2.05) is 0 Å². The Morgan fingerprint density at radius 2 is 1.80 bits per heavy atom. The molecule has 0 spiro atoms. The van der Waals surface area contributed by atoms with Crippen LogP contribution in [0.25, 0.3) is 0 Å². The summed E-state index contributed by atoms with van der Waals surface area (Å²) in [6.45, 7) is 1.31. The fourth-order valence-electron chi connectivity index (χ4n) is 2.71. The highest BCUT2D eigenvalue weighted by Gasteiger charge is 2.28. The van der Waals surface area contributed by atoms with Gasteiger partial charge in [-0.15, -0.1) is 0 Å². The van der Waals surface area contributed by atoms with Crippen LogP contribution in [-0.4, -0.2) is 53.7 Å². The van der Waals surface area contributed by atoms with Crippen molar-refractivity contribution >= 4 is 12.0 Å². The van der Waals surface area contributed by atoms with Crippen LogP contribution in [0.15, 0.2) is 0 Å². The average molecular weight is 283 g/mol. The highest BCUT2D eigenvalue weighted by atomic mass is 16.4. The summed E-state index contributed by atoms with van der Waals surface area (Å²) in [4.78, 5) is 24.5. The second-order valence-electron chi connectivity index (χ2n) is 5.77. The standard InChI is InChI=1S/C14H25N3O3/c18-13(19)10-17(12-4-1-2-5-12)14(20)16-9-3-8-15-11-6-7-11/h11-12,15H,1-10H2,(H,16,20)(H,18,19). The number of hydrogen-bond acceptors (Lipinski definition) is 3. The lowest BCUT2D eigenvalue weighted by Crippen LogP contribution is -2.48. The van der Waals surface area contributed by atoms with Crippen molar-refractivity contribution in [2.45, 2.75) is 57.0 Å². The Morgan fingerprint density at radius 1 is 1.10 bits per heavy atom. The lowest BCUT2D eigenvalue weighted by Gasteiger charge is -2.27. The number of carbonyl (C=O) groups excluding carboxylic acids is 1. The van der Waals surface area contributed by atoms with E-state index in [1.165, 1.54) is 17.7 Å². The molecule has 20 heavy (non-hydrogen) atoms. The van der Waals surface area contributed by atoms with E-state index in [0.717, 1.165) is 38.6 Å². The summed E-state index contributed by atoms with van der Waals surface area (Å²) >= 11 is 0. The summed E-state index contributed by atoms with van der Waals surface area (Å²) in [7, 11) is 0. The average Bonchev–Trinajstić information content (AvgIpc) is 3.07. The molecule has 0 atom stereocenters.